The molecule has 1 N–H and O–H groups in total. The van der Waals surface area contributed by atoms with Crippen LogP contribution >= 0.6 is 11.6 Å². The number of anilines is 1. The molecular formula is C21H19ClFN3O3. The van der Waals surface area contributed by atoms with E-state index >= 15 is 0 Å². The molecule has 0 aliphatic rings. The van der Waals surface area contributed by atoms with Crippen LogP contribution in [0.2, 0.25) is 5.02 Å². The highest BCUT2D eigenvalue weighted by molar-refractivity contribution is 6.31. The summed E-state index contributed by atoms with van der Waals surface area (Å²) < 4.78 is 19.9. The highest BCUT2D eigenvalue weighted by Crippen LogP contribution is 2.21. The van der Waals surface area contributed by atoms with Crippen molar-refractivity contribution in [2.45, 2.75) is 26.4 Å². The van der Waals surface area contributed by atoms with Crippen LogP contribution in [0, 0.1) is 12.7 Å². The summed E-state index contributed by atoms with van der Waals surface area (Å²) in [7, 11) is 0. The molecule has 0 fully saturated rings. The number of aryl methyl sites for hydroxylation is 1. The number of rotatable bonds is 6. The van der Waals surface area contributed by atoms with E-state index in [-0.39, 0.29) is 11.8 Å². The molecule has 1 aromatic heterocycles. The zero-order valence-electron chi connectivity index (χ0n) is 15.9. The van der Waals surface area contributed by atoms with Gasteiger partial charge in [-0.1, -0.05) is 24.6 Å². The second kappa shape index (κ2) is 8.87. The summed E-state index contributed by atoms with van der Waals surface area (Å²) in [5.74, 6) is -0.689. The zero-order valence-corrected chi connectivity index (χ0v) is 16.6. The van der Waals surface area contributed by atoms with Crippen molar-refractivity contribution >= 4 is 23.2 Å². The van der Waals surface area contributed by atoms with Crippen LogP contribution in [-0.2, 0) is 4.79 Å². The lowest BCUT2D eigenvalue weighted by Gasteiger charge is -2.18. The fraction of sp³-hybridized carbons (Fsp3) is 0.190. The van der Waals surface area contributed by atoms with Gasteiger partial charge < -0.3 is 10.1 Å². The molecule has 0 aliphatic heterocycles. The summed E-state index contributed by atoms with van der Waals surface area (Å²) in [4.78, 5) is 24.8. The minimum Gasteiger partial charge on any atom is -0.463 e. The molecule has 1 amide bonds. The van der Waals surface area contributed by atoms with Crippen LogP contribution in [0.5, 0.6) is 5.88 Å². The van der Waals surface area contributed by atoms with E-state index in [1.807, 2.05) is 6.92 Å². The molecule has 2 aromatic carbocycles. The number of carbonyl (C=O) groups excluding carboxylic acids is 1. The van der Waals surface area contributed by atoms with Crippen LogP contribution in [0.25, 0.3) is 5.69 Å². The maximum absolute atomic E-state index is 13.1. The molecule has 150 valence electrons. The van der Waals surface area contributed by atoms with Crippen LogP contribution in [0.1, 0.15) is 18.9 Å². The highest BCUT2D eigenvalue weighted by atomic mass is 35.5. The summed E-state index contributed by atoms with van der Waals surface area (Å²) in [6.45, 7) is 3.65. The molecule has 0 bridgehead atoms. The lowest BCUT2D eigenvalue weighted by atomic mass is 10.2. The van der Waals surface area contributed by atoms with E-state index in [1.165, 1.54) is 36.4 Å². The predicted molar refractivity (Wildman–Crippen MR) is 109 cm³/mol. The van der Waals surface area contributed by atoms with Crippen molar-refractivity contribution in [1.29, 1.82) is 0 Å². The average Bonchev–Trinajstić information content (AvgIpc) is 2.70. The summed E-state index contributed by atoms with van der Waals surface area (Å²) in [5, 5.41) is 7.45. The maximum Gasteiger partial charge on any atom is 0.271 e. The Balaban J connectivity index is 1.81. The third-order valence-electron chi connectivity index (χ3n) is 4.23. The van der Waals surface area contributed by atoms with Gasteiger partial charge >= 0.3 is 0 Å². The number of carbonyl (C=O) groups is 1. The largest absolute Gasteiger partial charge is 0.463 e. The van der Waals surface area contributed by atoms with Crippen LogP contribution in [0.15, 0.2) is 59.4 Å². The molecule has 29 heavy (non-hydrogen) atoms. The van der Waals surface area contributed by atoms with E-state index in [9.17, 15) is 14.0 Å². The third kappa shape index (κ3) is 5.00. The van der Waals surface area contributed by atoms with Gasteiger partial charge in [0.25, 0.3) is 11.5 Å². The Kier molecular flexibility index (Phi) is 6.29. The maximum atomic E-state index is 13.1. The average molecular weight is 416 g/mol. The summed E-state index contributed by atoms with van der Waals surface area (Å²) in [5.41, 5.74) is 1.43. The second-order valence-corrected chi connectivity index (χ2v) is 6.80. The van der Waals surface area contributed by atoms with Crippen LogP contribution < -0.4 is 15.6 Å². The molecule has 6 nitrogen and oxygen atoms in total. The van der Waals surface area contributed by atoms with Gasteiger partial charge in [0.15, 0.2) is 6.10 Å². The van der Waals surface area contributed by atoms with Gasteiger partial charge in [0.2, 0.25) is 5.88 Å². The molecule has 1 atom stereocenters. The van der Waals surface area contributed by atoms with Crippen molar-refractivity contribution in [3.05, 3.63) is 81.4 Å². The lowest BCUT2D eigenvalue weighted by molar-refractivity contribution is -0.123. The number of halogens is 2. The number of nitrogens with one attached hydrogen (secondary N) is 1. The molecule has 3 aromatic rings. The first-order valence-corrected chi connectivity index (χ1v) is 9.35. The summed E-state index contributed by atoms with van der Waals surface area (Å²) in [6, 6.07) is 13.2. The molecule has 0 saturated carbocycles. The van der Waals surface area contributed by atoms with E-state index < -0.39 is 17.5 Å². The SMILES string of the molecule is CCC(Oc1ccc(=O)n(-c2ccc(F)cc2)n1)C(=O)Nc1cc(Cl)ccc1C. The monoisotopic (exact) mass is 415 g/mol. The summed E-state index contributed by atoms with van der Waals surface area (Å²) in [6.07, 6.45) is -0.456. The Morgan fingerprint density at radius 2 is 1.93 bits per heavy atom. The van der Waals surface area contributed by atoms with Gasteiger partial charge in [-0.05, 0) is 55.3 Å². The molecule has 8 heteroatoms. The normalized spacial score (nSPS) is 11.7. The van der Waals surface area contributed by atoms with Crippen molar-refractivity contribution in [3.63, 3.8) is 0 Å². The number of benzene rings is 2. The van der Waals surface area contributed by atoms with Crippen molar-refractivity contribution in [2.24, 2.45) is 0 Å². The van der Waals surface area contributed by atoms with Crippen LogP contribution in [-0.4, -0.2) is 21.8 Å². The highest BCUT2D eigenvalue weighted by Gasteiger charge is 2.20. The third-order valence-corrected chi connectivity index (χ3v) is 4.47. The van der Waals surface area contributed by atoms with Gasteiger partial charge in [-0.25, -0.2) is 4.39 Å². The van der Waals surface area contributed by atoms with E-state index in [0.29, 0.717) is 22.8 Å². The van der Waals surface area contributed by atoms with Gasteiger partial charge in [-0.3, -0.25) is 9.59 Å². The number of amides is 1. The zero-order chi connectivity index (χ0) is 21.0. The van der Waals surface area contributed by atoms with Crippen molar-refractivity contribution in [2.75, 3.05) is 5.32 Å². The quantitative estimate of drug-likeness (QED) is 0.657. The molecule has 0 spiro atoms. The smallest absolute Gasteiger partial charge is 0.271 e. The lowest BCUT2D eigenvalue weighted by Crippen LogP contribution is -2.33. The number of aromatic nitrogens is 2. The molecule has 0 radical (unpaired) electrons. The first-order valence-electron chi connectivity index (χ1n) is 8.97. The van der Waals surface area contributed by atoms with Gasteiger partial charge in [-0.15, -0.1) is 5.10 Å². The Hall–Kier alpha value is -3.19. The number of nitrogens with zero attached hydrogens (tertiary/aromatic N) is 2. The number of hydrogen-bond acceptors (Lipinski definition) is 4. The topological polar surface area (TPSA) is 73.2 Å². The Morgan fingerprint density at radius 3 is 2.62 bits per heavy atom. The number of hydrogen-bond donors (Lipinski definition) is 1. The van der Waals surface area contributed by atoms with E-state index in [2.05, 4.69) is 10.4 Å². The van der Waals surface area contributed by atoms with Gasteiger partial charge in [0.05, 0.1) is 5.69 Å². The second-order valence-electron chi connectivity index (χ2n) is 6.36. The fourth-order valence-electron chi connectivity index (χ4n) is 2.63. The van der Waals surface area contributed by atoms with E-state index in [4.69, 9.17) is 16.3 Å². The Bertz CT molecular complexity index is 1080. The fourth-order valence-corrected chi connectivity index (χ4v) is 2.81. The van der Waals surface area contributed by atoms with Gasteiger partial charge in [-0.2, -0.15) is 4.68 Å². The van der Waals surface area contributed by atoms with Crippen molar-refractivity contribution in [3.8, 4) is 11.6 Å². The van der Waals surface area contributed by atoms with Crippen molar-refractivity contribution in [1.82, 2.24) is 9.78 Å². The van der Waals surface area contributed by atoms with E-state index in [1.54, 1.807) is 25.1 Å². The Labute approximate surface area is 171 Å². The standard InChI is InChI=1S/C21H19ClFN3O3/c1-3-18(21(28)24-17-12-14(22)5-4-13(17)2)29-19-10-11-20(27)26(25-19)16-8-6-15(23)7-9-16/h4-12,18H,3H2,1-2H3,(H,24,28). The molecule has 3 rings (SSSR count). The molecule has 0 aliphatic carbocycles. The molecule has 0 saturated heterocycles. The molecular weight excluding hydrogens is 397 g/mol. The molecule has 1 heterocycles. The van der Waals surface area contributed by atoms with Gasteiger partial charge in [0.1, 0.15) is 5.82 Å². The first-order chi connectivity index (χ1) is 13.9. The minimum absolute atomic E-state index is 0.0961. The van der Waals surface area contributed by atoms with Crippen molar-refractivity contribution < 1.29 is 13.9 Å². The minimum atomic E-state index is -0.833. The first kappa shape index (κ1) is 20.5. The van der Waals surface area contributed by atoms with E-state index in [0.717, 1.165) is 10.2 Å². The summed E-state index contributed by atoms with van der Waals surface area (Å²) >= 11 is 6.00. The van der Waals surface area contributed by atoms with Gasteiger partial charge in [0, 0.05) is 22.8 Å². The van der Waals surface area contributed by atoms with Crippen LogP contribution in [0.4, 0.5) is 10.1 Å². The number of ether oxygens (including phenoxy) is 1. The Morgan fingerprint density at radius 1 is 1.21 bits per heavy atom. The predicted octanol–water partition coefficient (Wildman–Crippen LogP) is 4.13. The van der Waals surface area contributed by atoms with Crippen LogP contribution in [0.3, 0.4) is 0 Å². The molecule has 1 unspecified atom stereocenters.